The maximum absolute atomic E-state index is 11.1. The van der Waals surface area contributed by atoms with Gasteiger partial charge in [-0.1, -0.05) is 12.1 Å². The molecule has 19 heavy (non-hydrogen) atoms. The van der Waals surface area contributed by atoms with Gasteiger partial charge in [-0.3, -0.25) is 4.79 Å². The number of methoxy groups -OCH3 is 2. The smallest absolute Gasteiger partial charge is 0.223 e. The average molecular weight is 270 g/mol. The molecule has 0 saturated carbocycles. The Kier molecular flexibility index (Phi) is 5.91. The molecule has 0 radical (unpaired) electrons. The fraction of sp³-hybridized carbons (Fsp3) is 0.750. The Morgan fingerprint density at radius 2 is 2.11 bits per heavy atom. The van der Waals surface area contributed by atoms with Gasteiger partial charge >= 0.3 is 0 Å². The Morgan fingerprint density at radius 3 is 2.63 bits per heavy atom. The topological polar surface area (TPSA) is 92.3 Å². The van der Waals surface area contributed by atoms with Crippen LogP contribution in [0, 0.1) is 5.92 Å². The van der Waals surface area contributed by atoms with Crippen LogP contribution in [0.1, 0.15) is 31.3 Å². The summed E-state index contributed by atoms with van der Waals surface area (Å²) in [7, 11) is 3.27. The Labute approximate surface area is 113 Å². The van der Waals surface area contributed by atoms with E-state index in [1.54, 1.807) is 18.9 Å². The van der Waals surface area contributed by atoms with E-state index in [1.165, 1.54) is 0 Å². The number of ether oxygens (including phenoxy) is 2. The second-order valence-corrected chi connectivity index (χ2v) is 4.69. The molecule has 0 spiro atoms. The monoisotopic (exact) mass is 270 g/mol. The number of carbonyl (C=O) groups is 1. The molecule has 108 valence electrons. The van der Waals surface area contributed by atoms with Gasteiger partial charge in [0.05, 0.1) is 30.5 Å². The maximum atomic E-state index is 11.1. The van der Waals surface area contributed by atoms with Crippen LogP contribution >= 0.6 is 0 Å². The van der Waals surface area contributed by atoms with Crippen molar-refractivity contribution in [1.29, 1.82) is 0 Å². The molecule has 2 N–H and O–H groups in total. The molecule has 1 amide bonds. The molecule has 2 atom stereocenters. The minimum absolute atomic E-state index is 0.0711. The van der Waals surface area contributed by atoms with E-state index < -0.39 is 5.91 Å². The van der Waals surface area contributed by atoms with Crippen molar-refractivity contribution in [2.45, 2.75) is 32.9 Å². The minimum Gasteiger partial charge on any atom is -0.384 e. The van der Waals surface area contributed by atoms with E-state index in [0.29, 0.717) is 18.8 Å². The summed E-state index contributed by atoms with van der Waals surface area (Å²) in [4.78, 5) is 11.1. The zero-order valence-electron chi connectivity index (χ0n) is 11.9. The van der Waals surface area contributed by atoms with Gasteiger partial charge < -0.3 is 15.2 Å². The van der Waals surface area contributed by atoms with Crippen LogP contribution in [0.3, 0.4) is 0 Å². The quantitative estimate of drug-likeness (QED) is 0.733. The lowest BCUT2D eigenvalue weighted by Gasteiger charge is -2.16. The number of primary amides is 1. The first-order valence-corrected chi connectivity index (χ1v) is 6.21. The number of hydrogen-bond acceptors (Lipinski definition) is 5. The van der Waals surface area contributed by atoms with E-state index in [2.05, 4.69) is 17.2 Å². The normalized spacial score (nSPS) is 14.3. The van der Waals surface area contributed by atoms with Crippen LogP contribution in [-0.4, -0.2) is 41.7 Å². The molecule has 2 unspecified atom stereocenters. The molecule has 1 rings (SSSR count). The lowest BCUT2D eigenvalue weighted by atomic mass is 10.1. The molecule has 7 heteroatoms. The molecule has 1 heterocycles. The van der Waals surface area contributed by atoms with E-state index >= 15 is 0 Å². The van der Waals surface area contributed by atoms with Crippen LogP contribution in [0.15, 0.2) is 0 Å². The first kappa shape index (κ1) is 15.6. The van der Waals surface area contributed by atoms with Crippen molar-refractivity contribution in [3.8, 4) is 0 Å². The van der Waals surface area contributed by atoms with Crippen molar-refractivity contribution < 1.29 is 14.3 Å². The van der Waals surface area contributed by atoms with Gasteiger partial charge in [0.1, 0.15) is 0 Å². The van der Waals surface area contributed by atoms with Crippen LogP contribution in [0.25, 0.3) is 0 Å². The summed E-state index contributed by atoms with van der Waals surface area (Å²) in [6.07, 6.45) is -0.124. The number of nitrogens with zero attached hydrogens (tertiary/aromatic N) is 3. The highest BCUT2D eigenvalue weighted by Gasteiger charge is 2.21. The Hall–Kier alpha value is -1.47. The Bertz CT molecular complexity index is 419. The summed E-state index contributed by atoms with van der Waals surface area (Å²) in [6.45, 7) is 5.23. The standard InChI is InChI=1S/C12H22N4O3/c1-8(7-18-3)6-16-12(9(2)19-4)10(14-15-16)5-11(13)17/h8-9H,5-7H2,1-4H3,(H2,13,17). The number of hydrogen-bond donors (Lipinski definition) is 1. The number of rotatable bonds is 8. The van der Waals surface area contributed by atoms with Gasteiger partial charge in [-0.25, -0.2) is 4.68 Å². The van der Waals surface area contributed by atoms with Crippen LogP contribution in [-0.2, 0) is 27.2 Å². The van der Waals surface area contributed by atoms with Crippen molar-refractivity contribution in [2.75, 3.05) is 20.8 Å². The van der Waals surface area contributed by atoms with Crippen molar-refractivity contribution >= 4 is 5.91 Å². The zero-order valence-corrected chi connectivity index (χ0v) is 11.9. The highest BCUT2D eigenvalue weighted by molar-refractivity contribution is 5.76. The first-order valence-electron chi connectivity index (χ1n) is 6.21. The molecule has 1 aromatic rings. The number of amides is 1. The van der Waals surface area contributed by atoms with E-state index in [0.717, 1.165) is 5.69 Å². The molecule has 1 aromatic heterocycles. The summed E-state index contributed by atoms with van der Waals surface area (Å²) in [5, 5.41) is 8.11. The van der Waals surface area contributed by atoms with E-state index in [1.807, 2.05) is 6.92 Å². The third-order valence-corrected chi connectivity index (χ3v) is 2.86. The largest absolute Gasteiger partial charge is 0.384 e. The Balaban J connectivity index is 2.96. The van der Waals surface area contributed by atoms with Gasteiger partial charge in [0, 0.05) is 20.8 Å². The number of nitrogens with two attached hydrogens (primary N) is 1. The van der Waals surface area contributed by atoms with E-state index in [9.17, 15) is 4.79 Å². The summed E-state index contributed by atoms with van der Waals surface area (Å²) in [6, 6.07) is 0. The van der Waals surface area contributed by atoms with Crippen LogP contribution < -0.4 is 5.73 Å². The van der Waals surface area contributed by atoms with Gasteiger partial charge in [0.25, 0.3) is 0 Å². The molecule has 0 aromatic carbocycles. The van der Waals surface area contributed by atoms with Crippen molar-refractivity contribution in [3.05, 3.63) is 11.4 Å². The number of carbonyl (C=O) groups excluding carboxylic acids is 1. The molecule has 0 bridgehead atoms. The van der Waals surface area contributed by atoms with Crippen LogP contribution in [0.5, 0.6) is 0 Å². The van der Waals surface area contributed by atoms with Gasteiger partial charge in [-0.15, -0.1) is 5.10 Å². The third kappa shape index (κ3) is 4.29. The van der Waals surface area contributed by atoms with E-state index in [-0.39, 0.29) is 18.4 Å². The molecule has 7 nitrogen and oxygen atoms in total. The molecule has 0 fully saturated rings. The molecule has 0 aliphatic rings. The lowest BCUT2D eigenvalue weighted by Crippen LogP contribution is -2.19. The van der Waals surface area contributed by atoms with E-state index in [4.69, 9.17) is 15.2 Å². The molecule has 0 saturated heterocycles. The SMILES string of the molecule is COCC(C)Cn1nnc(CC(N)=O)c1C(C)OC. The van der Waals surface area contributed by atoms with Gasteiger partial charge in [0.2, 0.25) is 5.91 Å². The summed E-state index contributed by atoms with van der Waals surface area (Å²) in [5.74, 6) is -0.141. The van der Waals surface area contributed by atoms with Gasteiger partial charge in [-0.2, -0.15) is 0 Å². The van der Waals surface area contributed by atoms with Crippen molar-refractivity contribution in [2.24, 2.45) is 11.7 Å². The minimum atomic E-state index is -0.429. The predicted molar refractivity (Wildman–Crippen MR) is 69.4 cm³/mol. The second kappa shape index (κ2) is 7.20. The fourth-order valence-corrected chi connectivity index (χ4v) is 1.97. The lowest BCUT2D eigenvalue weighted by molar-refractivity contribution is -0.117. The van der Waals surface area contributed by atoms with Crippen LogP contribution in [0.4, 0.5) is 0 Å². The highest BCUT2D eigenvalue weighted by atomic mass is 16.5. The van der Waals surface area contributed by atoms with Crippen molar-refractivity contribution in [1.82, 2.24) is 15.0 Å². The fourth-order valence-electron chi connectivity index (χ4n) is 1.97. The van der Waals surface area contributed by atoms with Gasteiger partial charge in [0.15, 0.2) is 0 Å². The summed E-state index contributed by atoms with van der Waals surface area (Å²) >= 11 is 0. The average Bonchev–Trinajstić information content (AvgIpc) is 2.70. The second-order valence-electron chi connectivity index (χ2n) is 4.69. The third-order valence-electron chi connectivity index (χ3n) is 2.86. The number of aromatic nitrogens is 3. The molecule has 0 aliphatic carbocycles. The molecular weight excluding hydrogens is 248 g/mol. The first-order chi connectivity index (χ1) is 8.99. The summed E-state index contributed by atoms with van der Waals surface area (Å²) in [5.41, 5.74) is 6.59. The summed E-state index contributed by atoms with van der Waals surface area (Å²) < 4.78 is 12.2. The maximum Gasteiger partial charge on any atom is 0.223 e. The molecule has 0 aliphatic heterocycles. The highest BCUT2D eigenvalue weighted by Crippen LogP contribution is 2.20. The van der Waals surface area contributed by atoms with Gasteiger partial charge in [-0.05, 0) is 12.8 Å². The van der Waals surface area contributed by atoms with Crippen molar-refractivity contribution in [3.63, 3.8) is 0 Å². The predicted octanol–water partition coefficient (Wildman–Crippen LogP) is 0.296. The Morgan fingerprint density at radius 1 is 1.42 bits per heavy atom. The molecular formula is C12H22N4O3. The zero-order chi connectivity index (χ0) is 14.4. The van der Waals surface area contributed by atoms with Crippen LogP contribution in [0.2, 0.25) is 0 Å².